The first-order valence-corrected chi connectivity index (χ1v) is 5.91. The van der Waals surface area contributed by atoms with Crippen molar-refractivity contribution in [1.82, 2.24) is 5.32 Å². The van der Waals surface area contributed by atoms with Crippen molar-refractivity contribution < 1.29 is 14.7 Å². The molecule has 1 amide bonds. The lowest BCUT2D eigenvalue weighted by molar-refractivity contribution is -0.148. The molecule has 5 heteroatoms. The number of hydrogen-bond donors (Lipinski definition) is 3. The minimum Gasteiger partial charge on any atom is -0.481 e. The highest BCUT2D eigenvalue weighted by Gasteiger charge is 2.34. The Morgan fingerprint density at radius 1 is 1.39 bits per heavy atom. The van der Waals surface area contributed by atoms with Gasteiger partial charge in [-0.25, -0.2) is 0 Å². The Morgan fingerprint density at radius 3 is 2.61 bits per heavy atom. The number of rotatable bonds is 3. The number of benzene rings is 1. The average molecular weight is 248 g/mol. The van der Waals surface area contributed by atoms with Crippen molar-refractivity contribution in [3.63, 3.8) is 0 Å². The maximum Gasteiger partial charge on any atom is 0.316 e. The molecule has 2 rings (SSSR count). The van der Waals surface area contributed by atoms with E-state index in [0.29, 0.717) is 19.5 Å². The van der Waals surface area contributed by atoms with Crippen LogP contribution in [0.2, 0.25) is 0 Å². The van der Waals surface area contributed by atoms with E-state index in [-0.39, 0.29) is 5.92 Å². The van der Waals surface area contributed by atoms with Gasteiger partial charge < -0.3 is 16.2 Å². The van der Waals surface area contributed by atoms with Gasteiger partial charge in [-0.2, -0.15) is 0 Å². The molecule has 96 valence electrons. The summed E-state index contributed by atoms with van der Waals surface area (Å²) >= 11 is 0. The van der Waals surface area contributed by atoms with Gasteiger partial charge in [-0.05, 0) is 17.5 Å². The van der Waals surface area contributed by atoms with E-state index in [1.807, 2.05) is 24.3 Å². The maximum atomic E-state index is 11.4. The molecule has 0 aromatic heterocycles. The maximum absolute atomic E-state index is 11.4. The summed E-state index contributed by atoms with van der Waals surface area (Å²) in [6.45, 7) is 0.976. The van der Waals surface area contributed by atoms with Gasteiger partial charge in [0.25, 0.3) is 0 Å². The first-order valence-electron chi connectivity index (χ1n) is 5.91. The molecule has 0 radical (unpaired) electrons. The number of nitrogens with one attached hydrogen (secondary N) is 1. The molecule has 1 fully saturated rings. The Balaban J connectivity index is 2.13. The van der Waals surface area contributed by atoms with E-state index in [4.69, 9.17) is 10.8 Å². The summed E-state index contributed by atoms with van der Waals surface area (Å²) < 4.78 is 0. The van der Waals surface area contributed by atoms with Gasteiger partial charge in [0.05, 0.1) is 0 Å². The third kappa shape index (κ3) is 2.51. The van der Waals surface area contributed by atoms with Gasteiger partial charge >= 0.3 is 5.97 Å². The van der Waals surface area contributed by atoms with Crippen LogP contribution in [0.3, 0.4) is 0 Å². The van der Waals surface area contributed by atoms with E-state index in [9.17, 15) is 9.59 Å². The molecule has 1 saturated heterocycles. The van der Waals surface area contributed by atoms with Crippen LogP contribution in [0.15, 0.2) is 24.3 Å². The lowest BCUT2D eigenvalue weighted by Crippen LogP contribution is -2.43. The van der Waals surface area contributed by atoms with E-state index >= 15 is 0 Å². The minimum absolute atomic E-state index is 0.0515. The summed E-state index contributed by atoms with van der Waals surface area (Å²) in [6.07, 6.45) is 0.350. The van der Waals surface area contributed by atoms with Crippen LogP contribution in [0.5, 0.6) is 0 Å². The molecular weight excluding hydrogens is 232 g/mol. The number of carbonyl (C=O) groups is 2. The van der Waals surface area contributed by atoms with Crippen LogP contribution in [0.4, 0.5) is 0 Å². The number of piperidine rings is 1. The predicted octanol–water partition coefficient (Wildman–Crippen LogP) is 0.450. The number of amides is 1. The highest BCUT2D eigenvalue weighted by molar-refractivity contribution is 5.97. The third-order valence-corrected chi connectivity index (χ3v) is 3.34. The average Bonchev–Trinajstić information content (AvgIpc) is 2.39. The quantitative estimate of drug-likeness (QED) is 0.677. The van der Waals surface area contributed by atoms with Crippen molar-refractivity contribution in [2.75, 3.05) is 6.54 Å². The summed E-state index contributed by atoms with van der Waals surface area (Å²) in [5, 5.41) is 11.6. The summed E-state index contributed by atoms with van der Waals surface area (Å²) in [7, 11) is 0. The molecule has 0 bridgehead atoms. The van der Waals surface area contributed by atoms with Gasteiger partial charge in [0.2, 0.25) is 5.91 Å². The van der Waals surface area contributed by atoms with Gasteiger partial charge in [-0.3, -0.25) is 9.59 Å². The van der Waals surface area contributed by atoms with Crippen molar-refractivity contribution in [2.24, 2.45) is 11.7 Å². The number of carbonyl (C=O) groups excluding carboxylic acids is 1. The highest BCUT2D eigenvalue weighted by Crippen LogP contribution is 2.27. The molecular formula is C13H16N2O3. The third-order valence-electron chi connectivity index (χ3n) is 3.34. The monoisotopic (exact) mass is 248 g/mol. The number of nitrogens with two attached hydrogens (primary N) is 1. The summed E-state index contributed by atoms with van der Waals surface area (Å²) in [4.78, 5) is 22.4. The van der Waals surface area contributed by atoms with Gasteiger partial charge in [0, 0.05) is 19.0 Å². The molecule has 1 aliphatic heterocycles. The SMILES string of the molecule is NCc1ccc([C@@H]2CNC(=O)[C@H](C(=O)O)C2)cc1. The van der Waals surface area contributed by atoms with E-state index in [1.165, 1.54) is 0 Å². The van der Waals surface area contributed by atoms with Crippen molar-refractivity contribution in [2.45, 2.75) is 18.9 Å². The number of carboxylic acids is 1. The molecule has 0 aliphatic carbocycles. The molecule has 0 spiro atoms. The second-order valence-electron chi connectivity index (χ2n) is 4.51. The highest BCUT2D eigenvalue weighted by atomic mass is 16.4. The fourth-order valence-corrected chi connectivity index (χ4v) is 2.21. The van der Waals surface area contributed by atoms with Gasteiger partial charge in [-0.1, -0.05) is 24.3 Å². The fourth-order valence-electron chi connectivity index (χ4n) is 2.21. The Labute approximate surface area is 105 Å². The van der Waals surface area contributed by atoms with Crippen LogP contribution in [0.1, 0.15) is 23.5 Å². The van der Waals surface area contributed by atoms with Gasteiger partial charge in [0.15, 0.2) is 0 Å². The summed E-state index contributed by atoms with van der Waals surface area (Å²) in [6, 6.07) is 7.76. The molecule has 0 saturated carbocycles. The molecule has 2 atom stereocenters. The number of aliphatic carboxylic acids is 1. The molecule has 0 unspecified atom stereocenters. The first-order chi connectivity index (χ1) is 8.61. The van der Waals surface area contributed by atoms with Crippen molar-refractivity contribution in [3.8, 4) is 0 Å². The normalized spacial score (nSPS) is 23.5. The van der Waals surface area contributed by atoms with E-state index < -0.39 is 17.8 Å². The van der Waals surface area contributed by atoms with Crippen molar-refractivity contribution >= 4 is 11.9 Å². The lowest BCUT2D eigenvalue weighted by atomic mass is 9.85. The lowest BCUT2D eigenvalue weighted by Gasteiger charge is -2.27. The van der Waals surface area contributed by atoms with Crippen LogP contribution in [-0.4, -0.2) is 23.5 Å². The van der Waals surface area contributed by atoms with Crippen LogP contribution in [-0.2, 0) is 16.1 Å². The molecule has 1 heterocycles. The van der Waals surface area contributed by atoms with Crippen molar-refractivity contribution in [3.05, 3.63) is 35.4 Å². The smallest absolute Gasteiger partial charge is 0.316 e. The number of carboxylic acid groups (broad SMARTS) is 1. The Morgan fingerprint density at radius 2 is 2.06 bits per heavy atom. The molecule has 1 aromatic carbocycles. The second kappa shape index (κ2) is 5.18. The molecule has 1 aromatic rings. The first kappa shape index (κ1) is 12.6. The molecule has 5 nitrogen and oxygen atoms in total. The molecule has 18 heavy (non-hydrogen) atoms. The van der Waals surface area contributed by atoms with E-state index in [0.717, 1.165) is 11.1 Å². The minimum atomic E-state index is -1.06. The van der Waals surface area contributed by atoms with Gasteiger partial charge in [-0.15, -0.1) is 0 Å². The summed E-state index contributed by atoms with van der Waals surface area (Å²) in [5.74, 6) is -2.35. The zero-order valence-electron chi connectivity index (χ0n) is 9.93. The van der Waals surface area contributed by atoms with Gasteiger partial charge in [0.1, 0.15) is 5.92 Å². The van der Waals surface area contributed by atoms with Crippen LogP contribution in [0, 0.1) is 5.92 Å². The largest absolute Gasteiger partial charge is 0.481 e. The van der Waals surface area contributed by atoms with E-state index in [2.05, 4.69) is 5.32 Å². The van der Waals surface area contributed by atoms with Crippen LogP contribution in [0.25, 0.3) is 0 Å². The fraction of sp³-hybridized carbons (Fsp3) is 0.385. The van der Waals surface area contributed by atoms with Crippen molar-refractivity contribution in [1.29, 1.82) is 0 Å². The van der Waals surface area contributed by atoms with Crippen LogP contribution >= 0.6 is 0 Å². The Kier molecular flexibility index (Phi) is 3.62. The topological polar surface area (TPSA) is 92.4 Å². The second-order valence-corrected chi connectivity index (χ2v) is 4.51. The van der Waals surface area contributed by atoms with Crippen LogP contribution < -0.4 is 11.1 Å². The van der Waals surface area contributed by atoms with E-state index in [1.54, 1.807) is 0 Å². The Bertz CT molecular complexity index is 456. The number of hydrogen-bond acceptors (Lipinski definition) is 3. The Hall–Kier alpha value is -1.88. The zero-order valence-corrected chi connectivity index (χ0v) is 9.93. The standard InChI is InChI=1S/C13H16N2O3/c14-6-8-1-3-9(4-2-8)10-5-11(13(17)18)12(16)15-7-10/h1-4,10-11H,5-7,14H2,(H,15,16)(H,17,18)/t10-,11+/m0/s1. The molecule has 4 N–H and O–H groups in total. The predicted molar refractivity (Wildman–Crippen MR) is 65.8 cm³/mol. The molecule has 1 aliphatic rings. The zero-order chi connectivity index (χ0) is 13.1. The summed E-state index contributed by atoms with van der Waals surface area (Å²) in [5.41, 5.74) is 7.60.